The van der Waals surface area contributed by atoms with Crippen LogP contribution in [0.15, 0.2) is 45.5 Å². The third-order valence-electron chi connectivity index (χ3n) is 2.95. The van der Waals surface area contributed by atoms with E-state index < -0.39 is 0 Å². The lowest BCUT2D eigenvalue weighted by Gasteiger charge is -2.04. The first-order valence-electron chi connectivity index (χ1n) is 6.61. The summed E-state index contributed by atoms with van der Waals surface area (Å²) in [6, 6.07) is 7.85. The number of anilines is 1. The molecule has 0 aliphatic carbocycles. The largest absolute Gasteiger partial charge is 0.305 e. The Labute approximate surface area is 149 Å². The Morgan fingerprint density at radius 1 is 1.35 bits per heavy atom. The van der Waals surface area contributed by atoms with Gasteiger partial charge in [-0.25, -0.2) is 4.98 Å². The molecule has 0 saturated carbocycles. The molecule has 1 aromatic carbocycles. The van der Waals surface area contributed by atoms with Crippen LogP contribution in [0.3, 0.4) is 0 Å². The molecule has 23 heavy (non-hydrogen) atoms. The van der Waals surface area contributed by atoms with E-state index in [4.69, 9.17) is 0 Å². The van der Waals surface area contributed by atoms with E-state index in [0.29, 0.717) is 10.3 Å². The molecule has 0 fully saturated rings. The number of rotatable bonds is 5. The second kappa shape index (κ2) is 7.24. The van der Waals surface area contributed by atoms with Crippen LogP contribution in [0.25, 0.3) is 11.4 Å². The fraction of sp³-hybridized carbons (Fsp3) is 0.143. The van der Waals surface area contributed by atoms with Crippen molar-refractivity contribution < 1.29 is 4.79 Å². The Bertz CT molecular complexity index is 801. The SMILES string of the molecule is Cn1c(SCC(=O)Nc2nccs2)nnc1-c1ccc(Br)cc1. The van der Waals surface area contributed by atoms with Gasteiger partial charge in [-0.05, 0) is 12.1 Å². The number of halogens is 1. The molecule has 1 amide bonds. The van der Waals surface area contributed by atoms with Crippen LogP contribution in [-0.2, 0) is 11.8 Å². The molecule has 6 nitrogen and oxygen atoms in total. The highest BCUT2D eigenvalue weighted by Crippen LogP contribution is 2.24. The number of carbonyl (C=O) groups is 1. The molecule has 0 aliphatic heterocycles. The molecule has 0 spiro atoms. The molecule has 3 rings (SSSR count). The van der Waals surface area contributed by atoms with Crippen molar-refractivity contribution in [2.75, 3.05) is 11.1 Å². The molecular formula is C14H12BrN5OS2. The molecule has 2 heterocycles. The van der Waals surface area contributed by atoms with E-state index in [9.17, 15) is 4.79 Å². The summed E-state index contributed by atoms with van der Waals surface area (Å²) in [5.41, 5.74) is 0.974. The molecule has 2 aromatic heterocycles. The van der Waals surface area contributed by atoms with Crippen molar-refractivity contribution in [3.05, 3.63) is 40.3 Å². The van der Waals surface area contributed by atoms with Gasteiger partial charge in [0, 0.05) is 28.7 Å². The number of hydrogen-bond acceptors (Lipinski definition) is 6. The van der Waals surface area contributed by atoms with Crippen molar-refractivity contribution in [1.29, 1.82) is 0 Å². The first-order valence-corrected chi connectivity index (χ1v) is 9.27. The topological polar surface area (TPSA) is 72.7 Å². The maximum Gasteiger partial charge on any atom is 0.236 e. The van der Waals surface area contributed by atoms with Gasteiger partial charge in [0.15, 0.2) is 16.1 Å². The number of aromatic nitrogens is 4. The summed E-state index contributed by atoms with van der Waals surface area (Å²) >= 11 is 6.14. The van der Waals surface area contributed by atoms with Gasteiger partial charge in [-0.1, -0.05) is 39.8 Å². The third kappa shape index (κ3) is 3.98. The van der Waals surface area contributed by atoms with Gasteiger partial charge in [0.05, 0.1) is 5.75 Å². The predicted molar refractivity (Wildman–Crippen MR) is 95.6 cm³/mol. The number of benzene rings is 1. The van der Waals surface area contributed by atoms with Crippen molar-refractivity contribution in [2.24, 2.45) is 7.05 Å². The molecule has 0 atom stereocenters. The zero-order valence-corrected chi connectivity index (χ0v) is 15.3. The van der Waals surface area contributed by atoms with E-state index in [1.54, 1.807) is 6.20 Å². The summed E-state index contributed by atoms with van der Waals surface area (Å²) in [5.74, 6) is 0.907. The Morgan fingerprint density at radius 2 is 2.13 bits per heavy atom. The highest BCUT2D eigenvalue weighted by Gasteiger charge is 2.13. The van der Waals surface area contributed by atoms with Gasteiger partial charge in [-0.15, -0.1) is 21.5 Å². The van der Waals surface area contributed by atoms with Crippen LogP contribution in [0.2, 0.25) is 0 Å². The smallest absolute Gasteiger partial charge is 0.236 e. The van der Waals surface area contributed by atoms with Crippen LogP contribution >= 0.6 is 39.0 Å². The average Bonchev–Trinajstić information content (AvgIpc) is 3.16. The summed E-state index contributed by atoms with van der Waals surface area (Å²) in [5, 5.41) is 14.2. The van der Waals surface area contributed by atoms with E-state index in [1.165, 1.54) is 23.1 Å². The third-order valence-corrected chi connectivity index (χ3v) is 5.19. The van der Waals surface area contributed by atoms with E-state index in [-0.39, 0.29) is 11.7 Å². The van der Waals surface area contributed by atoms with Crippen molar-refractivity contribution >= 4 is 50.1 Å². The predicted octanol–water partition coefficient (Wildman–Crippen LogP) is 3.43. The lowest BCUT2D eigenvalue weighted by Crippen LogP contribution is -2.14. The number of hydrogen-bond donors (Lipinski definition) is 1. The first-order chi connectivity index (χ1) is 11.1. The second-order valence-electron chi connectivity index (χ2n) is 4.55. The number of thioether (sulfide) groups is 1. The normalized spacial score (nSPS) is 10.7. The second-order valence-corrected chi connectivity index (χ2v) is 7.30. The maximum absolute atomic E-state index is 11.9. The number of nitrogens with one attached hydrogen (secondary N) is 1. The summed E-state index contributed by atoms with van der Waals surface area (Å²) in [4.78, 5) is 15.9. The zero-order valence-electron chi connectivity index (χ0n) is 12.1. The van der Waals surface area contributed by atoms with Crippen molar-refractivity contribution in [3.8, 4) is 11.4 Å². The fourth-order valence-corrected chi connectivity index (χ4v) is 3.38. The minimum Gasteiger partial charge on any atom is -0.305 e. The molecule has 0 unspecified atom stereocenters. The standard InChI is InChI=1S/C14H12BrN5OS2/c1-20-12(9-2-4-10(15)5-3-9)18-19-14(20)23-8-11(21)17-13-16-6-7-22-13/h2-7H,8H2,1H3,(H,16,17,21). The Hall–Kier alpha value is -1.71. The van der Waals surface area contributed by atoms with Crippen molar-refractivity contribution in [2.45, 2.75) is 5.16 Å². The molecule has 0 saturated heterocycles. The van der Waals surface area contributed by atoms with Crippen LogP contribution < -0.4 is 5.32 Å². The van der Waals surface area contributed by atoms with Crippen LogP contribution in [0.4, 0.5) is 5.13 Å². The van der Waals surface area contributed by atoms with Gasteiger partial charge >= 0.3 is 0 Å². The van der Waals surface area contributed by atoms with E-state index in [1.807, 2.05) is 41.3 Å². The Balaban J connectivity index is 1.65. The molecule has 118 valence electrons. The molecule has 0 aliphatic rings. The number of carbonyl (C=O) groups excluding carboxylic acids is 1. The molecule has 1 N–H and O–H groups in total. The van der Waals surface area contributed by atoms with Gasteiger partial charge < -0.3 is 9.88 Å². The monoisotopic (exact) mass is 409 g/mol. The first kappa shape index (κ1) is 16.2. The highest BCUT2D eigenvalue weighted by molar-refractivity contribution is 9.10. The maximum atomic E-state index is 11.9. The minimum absolute atomic E-state index is 0.113. The molecular weight excluding hydrogens is 398 g/mol. The van der Waals surface area contributed by atoms with Gasteiger partial charge in [-0.3, -0.25) is 4.79 Å². The lowest BCUT2D eigenvalue weighted by atomic mass is 10.2. The number of nitrogens with zero attached hydrogens (tertiary/aromatic N) is 4. The quantitative estimate of drug-likeness (QED) is 0.653. The van der Waals surface area contributed by atoms with E-state index >= 15 is 0 Å². The average molecular weight is 410 g/mol. The van der Waals surface area contributed by atoms with E-state index in [2.05, 4.69) is 36.4 Å². The summed E-state index contributed by atoms with van der Waals surface area (Å²) in [6.07, 6.45) is 1.65. The van der Waals surface area contributed by atoms with Crippen LogP contribution in [0.5, 0.6) is 0 Å². The number of amides is 1. The van der Waals surface area contributed by atoms with Gasteiger partial charge in [0.25, 0.3) is 0 Å². The van der Waals surface area contributed by atoms with Crippen molar-refractivity contribution in [1.82, 2.24) is 19.7 Å². The van der Waals surface area contributed by atoms with Gasteiger partial charge in [0.1, 0.15) is 0 Å². The molecule has 0 radical (unpaired) electrons. The lowest BCUT2D eigenvalue weighted by molar-refractivity contribution is -0.113. The summed E-state index contributed by atoms with van der Waals surface area (Å²) in [7, 11) is 1.89. The highest BCUT2D eigenvalue weighted by atomic mass is 79.9. The molecule has 0 bridgehead atoms. The number of thiazole rings is 1. The zero-order chi connectivity index (χ0) is 16.2. The minimum atomic E-state index is -0.113. The van der Waals surface area contributed by atoms with Crippen LogP contribution in [0, 0.1) is 0 Å². The van der Waals surface area contributed by atoms with Gasteiger partial charge in [-0.2, -0.15) is 0 Å². The van der Waals surface area contributed by atoms with Crippen molar-refractivity contribution in [3.63, 3.8) is 0 Å². The summed E-state index contributed by atoms with van der Waals surface area (Å²) < 4.78 is 2.89. The van der Waals surface area contributed by atoms with Crippen LogP contribution in [-0.4, -0.2) is 31.4 Å². The molecule has 9 heteroatoms. The van der Waals surface area contributed by atoms with E-state index in [0.717, 1.165) is 15.9 Å². The van der Waals surface area contributed by atoms with Gasteiger partial charge in [0.2, 0.25) is 5.91 Å². The Morgan fingerprint density at radius 3 is 2.83 bits per heavy atom. The Kier molecular flexibility index (Phi) is 5.09. The summed E-state index contributed by atoms with van der Waals surface area (Å²) in [6.45, 7) is 0. The van der Waals surface area contributed by atoms with Crippen LogP contribution in [0.1, 0.15) is 0 Å². The molecule has 3 aromatic rings. The fourth-order valence-electron chi connectivity index (χ4n) is 1.86.